The molecular formula is C32H24ClN3O5. The SMILES string of the molecule is CCCNc1ccc(N2C(=O)c3ccc(C(=O)O)cc3C2=O)cc1-c1nc2cc(-c3ccc(Cl)c(C)c3)ccc2o1. The van der Waals surface area contributed by atoms with Gasteiger partial charge in [0.2, 0.25) is 5.89 Å². The van der Waals surface area contributed by atoms with Crippen LogP contribution in [0.4, 0.5) is 11.4 Å². The van der Waals surface area contributed by atoms with Crippen LogP contribution in [0.3, 0.4) is 0 Å². The minimum atomic E-state index is -1.18. The molecule has 9 heteroatoms. The third-order valence-corrected chi connectivity index (χ3v) is 7.49. The normalized spacial score (nSPS) is 12.7. The van der Waals surface area contributed by atoms with Crippen molar-refractivity contribution in [2.75, 3.05) is 16.8 Å². The van der Waals surface area contributed by atoms with E-state index in [0.717, 1.165) is 33.7 Å². The molecule has 1 aromatic heterocycles. The molecule has 2 heterocycles. The van der Waals surface area contributed by atoms with Crippen molar-refractivity contribution in [3.8, 4) is 22.6 Å². The Morgan fingerprint density at radius 3 is 2.44 bits per heavy atom. The van der Waals surface area contributed by atoms with Crippen LogP contribution in [0.2, 0.25) is 5.02 Å². The van der Waals surface area contributed by atoms with Gasteiger partial charge >= 0.3 is 5.97 Å². The highest BCUT2D eigenvalue weighted by Crippen LogP contribution is 2.37. The van der Waals surface area contributed by atoms with Crippen molar-refractivity contribution in [1.82, 2.24) is 4.98 Å². The molecule has 0 bridgehead atoms. The molecule has 2 amide bonds. The van der Waals surface area contributed by atoms with E-state index in [9.17, 15) is 19.5 Å². The lowest BCUT2D eigenvalue weighted by Crippen LogP contribution is -2.29. The summed E-state index contributed by atoms with van der Waals surface area (Å²) in [6.07, 6.45) is 0.878. The molecule has 41 heavy (non-hydrogen) atoms. The smallest absolute Gasteiger partial charge is 0.335 e. The molecule has 0 saturated carbocycles. The van der Waals surface area contributed by atoms with Crippen molar-refractivity contribution >= 4 is 51.9 Å². The average Bonchev–Trinajstić information content (AvgIpc) is 3.51. The number of nitrogens with one attached hydrogen (secondary N) is 1. The lowest BCUT2D eigenvalue weighted by atomic mass is 10.0. The lowest BCUT2D eigenvalue weighted by molar-refractivity contribution is 0.0696. The van der Waals surface area contributed by atoms with E-state index in [1.807, 2.05) is 50.2 Å². The summed E-state index contributed by atoms with van der Waals surface area (Å²) >= 11 is 6.21. The van der Waals surface area contributed by atoms with Crippen LogP contribution in [0.15, 0.2) is 77.2 Å². The molecule has 204 valence electrons. The van der Waals surface area contributed by atoms with Gasteiger partial charge < -0.3 is 14.8 Å². The van der Waals surface area contributed by atoms with Crippen LogP contribution in [0.25, 0.3) is 33.7 Å². The predicted octanol–water partition coefficient (Wildman–Crippen LogP) is 7.44. The number of hydrogen-bond acceptors (Lipinski definition) is 6. The fourth-order valence-corrected chi connectivity index (χ4v) is 5.03. The van der Waals surface area contributed by atoms with E-state index in [0.29, 0.717) is 39.8 Å². The first-order chi connectivity index (χ1) is 19.7. The van der Waals surface area contributed by atoms with Crippen molar-refractivity contribution in [2.24, 2.45) is 0 Å². The molecule has 5 aromatic rings. The topological polar surface area (TPSA) is 113 Å². The second-order valence-electron chi connectivity index (χ2n) is 9.83. The molecule has 2 N–H and O–H groups in total. The number of halogens is 1. The maximum absolute atomic E-state index is 13.3. The predicted molar refractivity (Wildman–Crippen MR) is 158 cm³/mol. The number of amides is 2. The van der Waals surface area contributed by atoms with Gasteiger partial charge in [-0.3, -0.25) is 9.59 Å². The molecule has 1 aliphatic rings. The molecule has 0 aliphatic carbocycles. The van der Waals surface area contributed by atoms with Crippen LogP contribution in [-0.2, 0) is 0 Å². The molecule has 0 atom stereocenters. The van der Waals surface area contributed by atoms with Crippen molar-refractivity contribution in [3.63, 3.8) is 0 Å². The maximum atomic E-state index is 13.3. The average molecular weight is 566 g/mol. The largest absolute Gasteiger partial charge is 0.478 e. The first-order valence-corrected chi connectivity index (χ1v) is 13.4. The second-order valence-corrected chi connectivity index (χ2v) is 10.2. The number of carboxylic acid groups (broad SMARTS) is 1. The third-order valence-electron chi connectivity index (χ3n) is 7.07. The summed E-state index contributed by atoms with van der Waals surface area (Å²) in [5.41, 5.74) is 5.96. The highest BCUT2D eigenvalue weighted by atomic mass is 35.5. The molecule has 1 aliphatic heterocycles. The highest BCUT2D eigenvalue weighted by molar-refractivity contribution is 6.35. The van der Waals surface area contributed by atoms with Gasteiger partial charge in [-0.1, -0.05) is 30.7 Å². The van der Waals surface area contributed by atoms with Gasteiger partial charge in [-0.2, -0.15) is 0 Å². The molecule has 8 nitrogen and oxygen atoms in total. The molecule has 0 spiro atoms. The number of anilines is 2. The summed E-state index contributed by atoms with van der Waals surface area (Å²) in [4.78, 5) is 43.8. The van der Waals surface area contributed by atoms with Gasteiger partial charge in [-0.15, -0.1) is 0 Å². The number of oxazole rings is 1. The van der Waals surface area contributed by atoms with Gasteiger partial charge in [0.05, 0.1) is 27.9 Å². The number of aromatic nitrogens is 1. The Hall–Kier alpha value is -4.95. The van der Waals surface area contributed by atoms with Crippen LogP contribution in [0, 0.1) is 6.92 Å². The van der Waals surface area contributed by atoms with E-state index in [2.05, 4.69) is 5.32 Å². The van der Waals surface area contributed by atoms with Crippen LogP contribution in [0.5, 0.6) is 0 Å². The minimum absolute atomic E-state index is 0.0523. The summed E-state index contributed by atoms with van der Waals surface area (Å²) in [5.74, 6) is -1.96. The highest BCUT2D eigenvalue weighted by Gasteiger charge is 2.37. The van der Waals surface area contributed by atoms with E-state index < -0.39 is 17.8 Å². The quantitative estimate of drug-likeness (QED) is 0.197. The zero-order chi connectivity index (χ0) is 28.8. The number of fused-ring (bicyclic) bond motifs is 2. The Labute approximate surface area is 240 Å². The van der Waals surface area contributed by atoms with Crippen molar-refractivity contribution < 1.29 is 23.9 Å². The van der Waals surface area contributed by atoms with Crippen LogP contribution in [0.1, 0.15) is 50.0 Å². The van der Waals surface area contributed by atoms with Gasteiger partial charge in [-0.05, 0) is 90.7 Å². The first-order valence-electron chi connectivity index (χ1n) is 13.1. The molecule has 4 aromatic carbocycles. The molecule has 6 rings (SSSR count). The number of benzene rings is 4. The summed E-state index contributed by atoms with van der Waals surface area (Å²) in [6, 6.07) is 20.7. The van der Waals surface area contributed by atoms with Gasteiger partial charge in [0.15, 0.2) is 5.58 Å². The van der Waals surface area contributed by atoms with Crippen molar-refractivity contribution in [3.05, 3.63) is 100 Å². The van der Waals surface area contributed by atoms with Gasteiger partial charge in [0.1, 0.15) is 5.52 Å². The number of carbonyl (C=O) groups is 3. The number of carboxylic acids is 1. The Morgan fingerprint density at radius 1 is 0.927 bits per heavy atom. The number of carbonyl (C=O) groups excluding carboxylic acids is 2. The van der Waals surface area contributed by atoms with E-state index in [-0.39, 0.29) is 16.7 Å². The number of imide groups is 1. The fourth-order valence-electron chi connectivity index (χ4n) is 4.92. The number of hydrogen-bond donors (Lipinski definition) is 2. The Bertz CT molecular complexity index is 1890. The number of rotatable bonds is 7. The first kappa shape index (κ1) is 26.3. The van der Waals surface area contributed by atoms with Crippen molar-refractivity contribution in [1.29, 1.82) is 0 Å². The van der Waals surface area contributed by atoms with Gasteiger partial charge in [0.25, 0.3) is 11.8 Å². The summed E-state index contributed by atoms with van der Waals surface area (Å²) in [7, 11) is 0. The molecule has 0 fully saturated rings. The van der Waals surface area contributed by atoms with Crippen LogP contribution in [-0.4, -0.2) is 34.4 Å². The van der Waals surface area contributed by atoms with Crippen molar-refractivity contribution in [2.45, 2.75) is 20.3 Å². The second kappa shape index (κ2) is 10.2. The maximum Gasteiger partial charge on any atom is 0.335 e. The number of aromatic carboxylic acids is 1. The van der Waals surface area contributed by atoms with E-state index in [1.54, 1.807) is 18.2 Å². The lowest BCUT2D eigenvalue weighted by Gasteiger charge is -2.17. The summed E-state index contributed by atoms with van der Waals surface area (Å²) < 4.78 is 6.16. The number of aryl methyl sites for hydroxylation is 1. The van der Waals surface area contributed by atoms with Gasteiger partial charge in [0, 0.05) is 17.3 Å². The summed E-state index contributed by atoms with van der Waals surface area (Å²) in [5, 5.41) is 13.4. The molecular weight excluding hydrogens is 542 g/mol. The zero-order valence-electron chi connectivity index (χ0n) is 22.2. The van der Waals surface area contributed by atoms with E-state index in [1.165, 1.54) is 18.2 Å². The van der Waals surface area contributed by atoms with E-state index in [4.69, 9.17) is 21.0 Å². The fraction of sp³-hybridized carbons (Fsp3) is 0.125. The Morgan fingerprint density at radius 2 is 1.68 bits per heavy atom. The zero-order valence-corrected chi connectivity index (χ0v) is 23.0. The minimum Gasteiger partial charge on any atom is -0.478 e. The Balaban J connectivity index is 1.42. The van der Waals surface area contributed by atoms with E-state index >= 15 is 0 Å². The van der Waals surface area contributed by atoms with Crippen LogP contribution >= 0.6 is 11.6 Å². The van der Waals surface area contributed by atoms with Gasteiger partial charge in [-0.25, -0.2) is 14.7 Å². The monoisotopic (exact) mass is 565 g/mol. The molecule has 0 saturated heterocycles. The van der Waals surface area contributed by atoms with Crippen LogP contribution < -0.4 is 10.2 Å². The molecule has 0 radical (unpaired) electrons. The molecule has 0 unspecified atom stereocenters. The third kappa shape index (κ3) is 4.62. The number of nitrogens with zero attached hydrogens (tertiary/aromatic N) is 2. The Kier molecular flexibility index (Phi) is 6.55. The standard InChI is InChI=1S/C32H24ClN3O5/c1-3-12-34-26-10-7-21(36-30(37)22-8-4-20(32(39)40)14-23(22)31(36)38)16-24(26)29-35-27-15-19(6-11-28(27)41-29)18-5-9-25(33)17(2)13-18/h4-11,13-16,34H,3,12H2,1-2H3,(H,39,40). The summed E-state index contributed by atoms with van der Waals surface area (Å²) in [6.45, 7) is 4.69.